The molecule has 1 atom stereocenters. The number of halogens is 1. The van der Waals surface area contributed by atoms with E-state index in [1.165, 1.54) is 6.26 Å². The summed E-state index contributed by atoms with van der Waals surface area (Å²) in [4.78, 5) is 0. The molecule has 1 aromatic carbocycles. The number of sulfone groups is 1. The standard InChI is InChI=1S/C15H24BrNO3S/c1-7-17-14(15(3,4)21(6,18)19)11-9-12(16)10(2)8-13(11)20-5/h8-9,14,17H,7H2,1-6H3. The summed E-state index contributed by atoms with van der Waals surface area (Å²) in [6.45, 7) is 8.07. The van der Waals surface area contributed by atoms with E-state index >= 15 is 0 Å². The van der Waals surface area contributed by atoms with E-state index in [9.17, 15) is 8.42 Å². The molecule has 0 spiro atoms. The van der Waals surface area contributed by atoms with Crippen molar-refractivity contribution in [3.8, 4) is 5.75 Å². The number of methoxy groups -OCH3 is 1. The summed E-state index contributed by atoms with van der Waals surface area (Å²) in [5.41, 5.74) is 1.88. The van der Waals surface area contributed by atoms with Gasteiger partial charge in [-0.1, -0.05) is 22.9 Å². The van der Waals surface area contributed by atoms with Gasteiger partial charge in [-0.3, -0.25) is 0 Å². The summed E-state index contributed by atoms with van der Waals surface area (Å²) >= 11 is 3.51. The first kappa shape index (κ1) is 18.5. The van der Waals surface area contributed by atoms with Crippen LogP contribution in [0.2, 0.25) is 0 Å². The lowest BCUT2D eigenvalue weighted by molar-refractivity contribution is 0.379. The van der Waals surface area contributed by atoms with Crippen LogP contribution in [0.4, 0.5) is 0 Å². The number of rotatable bonds is 6. The van der Waals surface area contributed by atoms with Gasteiger partial charge in [0.2, 0.25) is 0 Å². The molecule has 0 heterocycles. The van der Waals surface area contributed by atoms with Gasteiger partial charge >= 0.3 is 0 Å². The molecule has 0 aliphatic heterocycles. The van der Waals surface area contributed by atoms with Gasteiger partial charge in [-0.15, -0.1) is 0 Å². The van der Waals surface area contributed by atoms with Gasteiger partial charge in [0.1, 0.15) is 5.75 Å². The topological polar surface area (TPSA) is 55.4 Å². The second kappa shape index (κ2) is 6.67. The molecular weight excluding hydrogens is 354 g/mol. The molecule has 0 aliphatic carbocycles. The molecule has 0 fully saturated rings. The van der Waals surface area contributed by atoms with E-state index in [4.69, 9.17) is 4.74 Å². The summed E-state index contributed by atoms with van der Waals surface area (Å²) in [5, 5.41) is 3.29. The first-order valence-electron chi connectivity index (χ1n) is 6.83. The second-order valence-electron chi connectivity index (χ2n) is 5.71. The Kier molecular flexibility index (Phi) is 5.86. The molecule has 4 nitrogen and oxygen atoms in total. The molecule has 1 aromatic rings. The van der Waals surface area contributed by atoms with Crippen LogP contribution in [-0.4, -0.2) is 33.1 Å². The molecule has 1 N–H and O–H groups in total. The van der Waals surface area contributed by atoms with Crippen LogP contribution < -0.4 is 10.1 Å². The molecule has 1 unspecified atom stereocenters. The fourth-order valence-corrected chi connectivity index (χ4v) is 3.22. The minimum absolute atomic E-state index is 0.357. The third kappa shape index (κ3) is 3.79. The van der Waals surface area contributed by atoms with Gasteiger partial charge in [0.15, 0.2) is 9.84 Å². The van der Waals surface area contributed by atoms with Gasteiger partial charge in [-0.25, -0.2) is 8.42 Å². The van der Waals surface area contributed by atoms with E-state index in [2.05, 4.69) is 21.2 Å². The largest absolute Gasteiger partial charge is 0.496 e. The van der Waals surface area contributed by atoms with Gasteiger partial charge in [-0.05, 0) is 45.0 Å². The van der Waals surface area contributed by atoms with Crippen molar-refractivity contribution in [2.75, 3.05) is 19.9 Å². The number of nitrogens with one attached hydrogen (secondary N) is 1. The fraction of sp³-hybridized carbons (Fsp3) is 0.600. The van der Waals surface area contributed by atoms with Crippen molar-refractivity contribution >= 4 is 25.8 Å². The fourth-order valence-electron chi connectivity index (χ4n) is 2.22. The highest BCUT2D eigenvalue weighted by Gasteiger charge is 2.41. The smallest absolute Gasteiger partial charge is 0.154 e. The SMILES string of the molecule is CCNC(c1cc(Br)c(C)cc1OC)C(C)(C)S(C)(=O)=O. The highest BCUT2D eigenvalue weighted by atomic mass is 79.9. The van der Waals surface area contributed by atoms with Crippen LogP contribution in [-0.2, 0) is 9.84 Å². The van der Waals surface area contributed by atoms with E-state index in [0.717, 1.165) is 15.6 Å². The van der Waals surface area contributed by atoms with Crippen LogP contribution in [0.15, 0.2) is 16.6 Å². The molecular formula is C15H24BrNO3S. The Morgan fingerprint density at radius 3 is 2.38 bits per heavy atom. The van der Waals surface area contributed by atoms with Crippen molar-refractivity contribution in [2.24, 2.45) is 0 Å². The molecule has 0 amide bonds. The Balaban J connectivity index is 3.53. The van der Waals surface area contributed by atoms with Crippen molar-refractivity contribution in [3.63, 3.8) is 0 Å². The summed E-state index contributed by atoms with van der Waals surface area (Å²) in [6.07, 6.45) is 1.27. The van der Waals surface area contributed by atoms with Crippen LogP contribution in [0, 0.1) is 6.92 Å². The third-order valence-corrected chi connectivity index (χ3v) is 6.88. The lowest BCUT2D eigenvalue weighted by atomic mass is 9.93. The van der Waals surface area contributed by atoms with E-state index in [-0.39, 0.29) is 6.04 Å². The van der Waals surface area contributed by atoms with Crippen LogP contribution >= 0.6 is 15.9 Å². The number of hydrogen-bond acceptors (Lipinski definition) is 4. The normalized spacial score (nSPS) is 14.0. The zero-order valence-electron chi connectivity index (χ0n) is 13.5. The maximum atomic E-state index is 12.2. The molecule has 0 saturated carbocycles. The van der Waals surface area contributed by atoms with Gasteiger partial charge < -0.3 is 10.1 Å². The lowest BCUT2D eigenvalue weighted by Gasteiger charge is -2.34. The van der Waals surface area contributed by atoms with E-state index in [1.807, 2.05) is 26.0 Å². The average Bonchev–Trinajstić information content (AvgIpc) is 2.37. The van der Waals surface area contributed by atoms with Gasteiger partial charge in [-0.2, -0.15) is 0 Å². The van der Waals surface area contributed by atoms with Gasteiger partial charge in [0, 0.05) is 16.3 Å². The Hall–Kier alpha value is -0.590. The summed E-state index contributed by atoms with van der Waals surface area (Å²) in [7, 11) is -1.65. The van der Waals surface area contributed by atoms with E-state index in [1.54, 1.807) is 21.0 Å². The van der Waals surface area contributed by atoms with Crippen molar-refractivity contribution in [1.29, 1.82) is 0 Å². The number of benzene rings is 1. The molecule has 0 bridgehead atoms. The van der Waals surface area contributed by atoms with Gasteiger partial charge in [0.05, 0.1) is 17.9 Å². The van der Waals surface area contributed by atoms with Crippen molar-refractivity contribution in [3.05, 3.63) is 27.7 Å². The van der Waals surface area contributed by atoms with Crippen molar-refractivity contribution in [2.45, 2.75) is 38.5 Å². The van der Waals surface area contributed by atoms with E-state index in [0.29, 0.717) is 12.3 Å². The first-order chi connectivity index (χ1) is 9.56. The van der Waals surface area contributed by atoms with Gasteiger partial charge in [0.25, 0.3) is 0 Å². The predicted molar refractivity (Wildman–Crippen MR) is 90.8 cm³/mol. The third-order valence-electron chi connectivity index (χ3n) is 3.88. The monoisotopic (exact) mass is 377 g/mol. The zero-order chi connectivity index (χ0) is 16.4. The second-order valence-corrected chi connectivity index (χ2v) is 9.16. The molecule has 0 aliphatic rings. The Morgan fingerprint density at radius 1 is 1.38 bits per heavy atom. The maximum absolute atomic E-state index is 12.2. The minimum Gasteiger partial charge on any atom is -0.496 e. The first-order valence-corrected chi connectivity index (χ1v) is 9.51. The van der Waals surface area contributed by atoms with Crippen molar-refractivity contribution in [1.82, 2.24) is 5.32 Å². The van der Waals surface area contributed by atoms with Crippen molar-refractivity contribution < 1.29 is 13.2 Å². The molecule has 120 valence electrons. The highest BCUT2D eigenvalue weighted by molar-refractivity contribution is 9.10. The molecule has 1 rings (SSSR count). The highest BCUT2D eigenvalue weighted by Crippen LogP contribution is 2.39. The van der Waals surface area contributed by atoms with E-state index < -0.39 is 14.6 Å². The number of aryl methyl sites for hydroxylation is 1. The molecule has 21 heavy (non-hydrogen) atoms. The molecule has 0 aromatic heterocycles. The lowest BCUT2D eigenvalue weighted by Crippen LogP contribution is -2.45. The van der Waals surface area contributed by atoms with Crippen LogP contribution in [0.3, 0.4) is 0 Å². The quantitative estimate of drug-likeness (QED) is 0.826. The summed E-state index contributed by atoms with van der Waals surface area (Å²) in [5.74, 6) is 0.693. The number of ether oxygens (including phenoxy) is 1. The zero-order valence-corrected chi connectivity index (χ0v) is 15.9. The molecule has 6 heteroatoms. The van der Waals surface area contributed by atoms with Crippen LogP contribution in [0.5, 0.6) is 5.75 Å². The summed E-state index contributed by atoms with van der Waals surface area (Å²) in [6, 6.07) is 3.50. The Bertz CT molecular complexity index is 612. The maximum Gasteiger partial charge on any atom is 0.154 e. The molecule has 0 radical (unpaired) electrons. The van der Waals surface area contributed by atoms with Crippen LogP contribution in [0.25, 0.3) is 0 Å². The Labute approximate surface area is 136 Å². The predicted octanol–water partition coefficient (Wildman–Crippen LogP) is 3.24. The molecule has 0 saturated heterocycles. The Morgan fingerprint density at radius 2 is 1.95 bits per heavy atom. The average molecular weight is 378 g/mol. The minimum atomic E-state index is -3.25. The van der Waals surface area contributed by atoms with Crippen LogP contribution in [0.1, 0.15) is 37.9 Å². The summed E-state index contributed by atoms with van der Waals surface area (Å²) < 4.78 is 29.8. The number of hydrogen-bond donors (Lipinski definition) is 1.